The van der Waals surface area contributed by atoms with Gasteiger partial charge in [0.2, 0.25) is 5.69 Å². The van der Waals surface area contributed by atoms with Crippen molar-refractivity contribution < 1.29 is 0 Å². The third-order valence-corrected chi connectivity index (χ3v) is 14.4. The molecule has 1 heterocycles. The van der Waals surface area contributed by atoms with E-state index in [0.29, 0.717) is 16.9 Å². The standard InChI is InChI=1S/C45H28N4Si/c1-47-41-26-23-33(29-45(41)49-43-21-13-12-20-39(43)40-28-32(31-46)22-27-44(40)49)38-25-24-37(30-42(38)48-2)50(34-14-6-3-7-15-34,35-16-8-4-9-17-35)36-18-10-5-11-19-36/h3-30H. The highest BCUT2D eigenvalue weighted by Crippen LogP contribution is 2.39. The highest BCUT2D eigenvalue weighted by Gasteiger charge is 2.41. The van der Waals surface area contributed by atoms with Crippen LogP contribution in [0.15, 0.2) is 170 Å². The first kappa shape index (κ1) is 30.4. The van der Waals surface area contributed by atoms with E-state index in [0.717, 1.165) is 43.8 Å². The fraction of sp³-hybridized carbons (Fsp3) is 0. The molecule has 0 atom stereocenters. The van der Waals surface area contributed by atoms with Gasteiger partial charge >= 0.3 is 0 Å². The van der Waals surface area contributed by atoms with Gasteiger partial charge in [-0.05, 0) is 57.0 Å². The summed E-state index contributed by atoms with van der Waals surface area (Å²) >= 11 is 0. The molecule has 0 bridgehead atoms. The molecule has 1 aromatic heterocycles. The van der Waals surface area contributed by atoms with Gasteiger partial charge in [-0.3, -0.25) is 0 Å². The zero-order valence-corrected chi connectivity index (χ0v) is 28.0. The van der Waals surface area contributed by atoms with Crippen LogP contribution in [0.2, 0.25) is 0 Å². The SMILES string of the molecule is [C-]#[N+]c1cc([Si](c2ccccc2)(c2ccccc2)c2ccccc2)ccc1-c1ccc([N+]#[C-])c(-n2c3ccccc3c3cc(C#N)ccc32)c1. The number of nitrogens with zero attached hydrogens (tertiary/aromatic N) is 4. The number of hydrogen-bond donors (Lipinski definition) is 0. The van der Waals surface area contributed by atoms with E-state index in [1.807, 2.05) is 54.6 Å². The summed E-state index contributed by atoms with van der Waals surface area (Å²) in [5.74, 6) is 0. The molecule has 8 aromatic rings. The molecule has 0 amide bonds. The van der Waals surface area contributed by atoms with E-state index in [1.54, 1.807) is 0 Å². The maximum Gasteiger partial charge on any atom is 0.210 e. The van der Waals surface area contributed by atoms with Gasteiger partial charge < -0.3 is 4.57 Å². The lowest BCUT2D eigenvalue weighted by atomic mass is 10.0. The smallest absolute Gasteiger partial charge is 0.210 e. The Bertz CT molecular complexity index is 2580. The van der Waals surface area contributed by atoms with Gasteiger partial charge in [0.25, 0.3) is 0 Å². The largest absolute Gasteiger partial charge is 0.319 e. The second kappa shape index (κ2) is 12.6. The molecule has 0 saturated carbocycles. The summed E-state index contributed by atoms with van der Waals surface area (Å²) < 4.78 is 2.10. The van der Waals surface area contributed by atoms with Crippen molar-refractivity contribution in [1.29, 1.82) is 5.26 Å². The lowest BCUT2D eigenvalue weighted by molar-refractivity contribution is 1.19. The van der Waals surface area contributed by atoms with Gasteiger partial charge in [-0.1, -0.05) is 145 Å². The number of para-hydroxylation sites is 1. The first-order valence-corrected chi connectivity index (χ1v) is 18.3. The fourth-order valence-corrected chi connectivity index (χ4v) is 12.2. The Kier molecular flexibility index (Phi) is 7.63. The minimum Gasteiger partial charge on any atom is -0.319 e. The van der Waals surface area contributed by atoms with Gasteiger partial charge in [-0.2, -0.15) is 5.26 Å². The predicted octanol–water partition coefficient (Wildman–Crippen LogP) is 8.80. The molecular formula is C45H28N4Si. The third-order valence-electron chi connectivity index (χ3n) is 9.62. The minimum absolute atomic E-state index is 0.505. The average molecular weight is 653 g/mol. The normalized spacial score (nSPS) is 11.1. The van der Waals surface area contributed by atoms with Crippen LogP contribution in [0.1, 0.15) is 5.56 Å². The molecule has 0 saturated heterocycles. The van der Waals surface area contributed by atoms with Crippen molar-refractivity contribution in [2.75, 3.05) is 0 Å². The summed E-state index contributed by atoms with van der Waals surface area (Å²) in [6.07, 6.45) is 0. The Morgan fingerprint density at radius 2 is 1.08 bits per heavy atom. The second-order valence-corrected chi connectivity index (χ2v) is 16.0. The van der Waals surface area contributed by atoms with Crippen molar-refractivity contribution in [2.45, 2.75) is 0 Å². The molecule has 0 aliphatic carbocycles. The van der Waals surface area contributed by atoms with Crippen molar-refractivity contribution in [2.24, 2.45) is 0 Å². The molecular weight excluding hydrogens is 625 g/mol. The lowest BCUT2D eigenvalue weighted by Gasteiger charge is -2.34. The third kappa shape index (κ3) is 4.80. The fourth-order valence-electron chi connectivity index (χ4n) is 7.43. The molecule has 50 heavy (non-hydrogen) atoms. The zero-order chi connectivity index (χ0) is 34.1. The number of benzene rings is 7. The van der Waals surface area contributed by atoms with E-state index >= 15 is 0 Å². The summed E-state index contributed by atoms with van der Waals surface area (Å²) in [6.45, 7) is 16.5. The van der Waals surface area contributed by atoms with Crippen molar-refractivity contribution in [3.8, 4) is 22.9 Å². The summed E-state index contributed by atoms with van der Waals surface area (Å²) in [7, 11) is -2.82. The van der Waals surface area contributed by atoms with Crippen LogP contribution < -0.4 is 20.7 Å². The van der Waals surface area contributed by atoms with Crippen molar-refractivity contribution in [3.05, 3.63) is 198 Å². The number of rotatable bonds is 6. The predicted molar refractivity (Wildman–Crippen MR) is 207 cm³/mol. The van der Waals surface area contributed by atoms with E-state index in [9.17, 15) is 5.26 Å². The van der Waals surface area contributed by atoms with E-state index in [2.05, 4.69) is 136 Å². The molecule has 7 aromatic carbocycles. The Morgan fingerprint density at radius 1 is 0.500 bits per heavy atom. The molecule has 4 nitrogen and oxygen atoms in total. The maximum absolute atomic E-state index is 9.63. The van der Waals surface area contributed by atoms with E-state index in [4.69, 9.17) is 13.1 Å². The van der Waals surface area contributed by atoms with Crippen LogP contribution in [0.3, 0.4) is 0 Å². The quantitative estimate of drug-likeness (QED) is 0.101. The molecule has 0 N–H and O–H groups in total. The van der Waals surface area contributed by atoms with Crippen LogP contribution in [0.4, 0.5) is 11.4 Å². The summed E-state index contributed by atoms with van der Waals surface area (Å²) in [5.41, 5.74) is 5.91. The van der Waals surface area contributed by atoms with Crippen molar-refractivity contribution in [3.63, 3.8) is 0 Å². The van der Waals surface area contributed by atoms with Gasteiger partial charge in [0, 0.05) is 10.8 Å². The first-order valence-electron chi connectivity index (χ1n) is 16.3. The lowest BCUT2D eigenvalue weighted by Crippen LogP contribution is -2.74. The number of hydrogen-bond acceptors (Lipinski definition) is 1. The summed E-state index contributed by atoms with van der Waals surface area (Å²) in [6, 6.07) is 60.3. The van der Waals surface area contributed by atoms with Crippen molar-refractivity contribution >= 4 is 62.0 Å². The van der Waals surface area contributed by atoms with Crippen LogP contribution in [0.25, 0.3) is 48.3 Å². The Balaban J connectivity index is 1.36. The highest BCUT2D eigenvalue weighted by atomic mass is 28.3. The van der Waals surface area contributed by atoms with Crippen LogP contribution in [-0.4, -0.2) is 12.6 Å². The van der Waals surface area contributed by atoms with E-state index in [1.165, 1.54) is 15.6 Å². The van der Waals surface area contributed by atoms with Crippen molar-refractivity contribution in [1.82, 2.24) is 4.57 Å². The molecule has 232 valence electrons. The molecule has 0 aliphatic rings. The molecule has 0 aliphatic heterocycles. The van der Waals surface area contributed by atoms with Crippen LogP contribution in [0.5, 0.6) is 0 Å². The van der Waals surface area contributed by atoms with Crippen LogP contribution in [0, 0.1) is 24.5 Å². The molecule has 0 spiro atoms. The summed E-state index contributed by atoms with van der Waals surface area (Å²) in [4.78, 5) is 8.05. The second-order valence-electron chi connectivity index (χ2n) is 12.2. The maximum atomic E-state index is 9.63. The topological polar surface area (TPSA) is 37.4 Å². The minimum atomic E-state index is -2.82. The Labute approximate surface area is 292 Å². The zero-order valence-electron chi connectivity index (χ0n) is 27.0. The Morgan fingerprint density at radius 3 is 1.68 bits per heavy atom. The van der Waals surface area contributed by atoms with Gasteiger partial charge in [0.1, 0.15) is 0 Å². The van der Waals surface area contributed by atoms with E-state index < -0.39 is 8.07 Å². The number of fused-ring (bicyclic) bond motifs is 3. The summed E-state index contributed by atoms with van der Waals surface area (Å²) in [5, 5.41) is 16.5. The number of aromatic nitrogens is 1. The molecule has 0 fully saturated rings. The average Bonchev–Trinajstić information content (AvgIpc) is 3.52. The molecule has 8 rings (SSSR count). The van der Waals surface area contributed by atoms with Gasteiger partial charge in [0.15, 0.2) is 13.8 Å². The van der Waals surface area contributed by atoms with E-state index in [-0.39, 0.29) is 0 Å². The Hall–Kier alpha value is -6.97. The number of nitriles is 1. The monoisotopic (exact) mass is 652 g/mol. The first-order chi connectivity index (χ1) is 24.7. The van der Waals surface area contributed by atoms with Gasteiger partial charge in [0.05, 0.1) is 41.5 Å². The van der Waals surface area contributed by atoms with Gasteiger partial charge in [-0.25, -0.2) is 9.69 Å². The van der Waals surface area contributed by atoms with Crippen LogP contribution in [-0.2, 0) is 0 Å². The molecule has 0 unspecified atom stereocenters. The van der Waals surface area contributed by atoms with Gasteiger partial charge in [-0.15, -0.1) is 0 Å². The molecule has 0 radical (unpaired) electrons. The van der Waals surface area contributed by atoms with Crippen LogP contribution >= 0.6 is 0 Å². The molecule has 5 heteroatoms. The highest BCUT2D eigenvalue weighted by molar-refractivity contribution is 7.19.